The number of rotatable bonds is 3. The lowest BCUT2D eigenvalue weighted by Gasteiger charge is -2.13. The Morgan fingerprint density at radius 1 is 1.39 bits per heavy atom. The third-order valence-electron chi connectivity index (χ3n) is 3.31. The molecule has 0 saturated carbocycles. The van der Waals surface area contributed by atoms with E-state index >= 15 is 0 Å². The number of pyridine rings is 1. The number of benzene rings is 1. The van der Waals surface area contributed by atoms with E-state index in [9.17, 15) is 0 Å². The molecule has 4 heteroatoms. The summed E-state index contributed by atoms with van der Waals surface area (Å²) >= 11 is 0. The van der Waals surface area contributed by atoms with Gasteiger partial charge in [-0.2, -0.15) is 0 Å². The third-order valence-corrected chi connectivity index (χ3v) is 3.31. The van der Waals surface area contributed by atoms with E-state index in [2.05, 4.69) is 10.3 Å². The highest BCUT2D eigenvalue weighted by Crippen LogP contribution is 2.23. The van der Waals surface area contributed by atoms with Crippen molar-refractivity contribution >= 4 is 22.3 Å². The normalized spacial score (nSPS) is 19.2. The van der Waals surface area contributed by atoms with Gasteiger partial charge < -0.3 is 15.8 Å². The molecule has 1 unspecified atom stereocenters. The van der Waals surface area contributed by atoms with Crippen molar-refractivity contribution in [3.8, 4) is 0 Å². The highest BCUT2D eigenvalue weighted by molar-refractivity contribution is 5.93. The van der Waals surface area contributed by atoms with E-state index in [1.807, 2.05) is 30.5 Å². The number of nitrogens with two attached hydrogens (primary N) is 1. The van der Waals surface area contributed by atoms with Crippen molar-refractivity contribution in [3.05, 3.63) is 30.5 Å². The first-order valence-electron chi connectivity index (χ1n) is 6.32. The van der Waals surface area contributed by atoms with Gasteiger partial charge in [-0.3, -0.25) is 0 Å². The minimum absolute atomic E-state index is 0.308. The quantitative estimate of drug-likeness (QED) is 0.813. The molecule has 0 spiro atoms. The molecule has 4 nitrogen and oxygen atoms in total. The van der Waals surface area contributed by atoms with Crippen LogP contribution < -0.4 is 11.1 Å². The molecular weight excluding hydrogens is 226 g/mol. The lowest BCUT2D eigenvalue weighted by Crippen LogP contribution is -2.19. The van der Waals surface area contributed by atoms with Crippen LogP contribution in [0.2, 0.25) is 0 Å². The number of aromatic nitrogens is 1. The maximum atomic E-state index is 5.83. The minimum Gasteiger partial charge on any atom is -0.399 e. The maximum Gasteiger partial charge on any atom is 0.133 e. The third kappa shape index (κ3) is 2.24. The van der Waals surface area contributed by atoms with Crippen LogP contribution in [0.15, 0.2) is 30.5 Å². The summed E-state index contributed by atoms with van der Waals surface area (Å²) in [4.78, 5) is 4.39. The van der Waals surface area contributed by atoms with Crippen molar-refractivity contribution < 1.29 is 4.74 Å². The van der Waals surface area contributed by atoms with Crippen LogP contribution in [0.3, 0.4) is 0 Å². The predicted molar refractivity (Wildman–Crippen MR) is 73.6 cm³/mol. The number of hydrogen-bond acceptors (Lipinski definition) is 4. The largest absolute Gasteiger partial charge is 0.399 e. The fraction of sp³-hybridized carbons (Fsp3) is 0.357. The molecule has 1 aromatic carbocycles. The molecule has 2 heterocycles. The molecule has 1 atom stereocenters. The fourth-order valence-electron chi connectivity index (χ4n) is 2.34. The molecule has 1 aromatic heterocycles. The Labute approximate surface area is 106 Å². The second-order valence-corrected chi connectivity index (χ2v) is 4.66. The van der Waals surface area contributed by atoms with Gasteiger partial charge in [0, 0.05) is 30.4 Å². The first kappa shape index (κ1) is 11.3. The van der Waals surface area contributed by atoms with Crippen LogP contribution in [-0.4, -0.2) is 24.2 Å². The average Bonchev–Trinajstić information content (AvgIpc) is 2.89. The number of nitrogens with one attached hydrogen (secondary N) is 1. The van der Waals surface area contributed by atoms with Crippen LogP contribution in [0.25, 0.3) is 10.8 Å². The zero-order valence-corrected chi connectivity index (χ0v) is 10.2. The summed E-state index contributed by atoms with van der Waals surface area (Å²) in [5.74, 6) is 0.885. The Kier molecular flexibility index (Phi) is 3.02. The van der Waals surface area contributed by atoms with Gasteiger partial charge in [0.15, 0.2) is 0 Å². The predicted octanol–water partition coefficient (Wildman–Crippen LogP) is 2.41. The number of nitrogens with zero attached hydrogens (tertiary/aromatic N) is 1. The SMILES string of the molecule is Nc1ccc2ccnc(NCC3CCCO3)c2c1. The van der Waals surface area contributed by atoms with Crippen molar-refractivity contribution in [2.24, 2.45) is 0 Å². The molecular formula is C14H17N3O. The standard InChI is InChI=1S/C14H17N3O/c15-11-4-3-10-5-6-16-14(13(10)8-11)17-9-12-2-1-7-18-12/h3-6,8,12H,1-2,7,9,15H2,(H,16,17). The topological polar surface area (TPSA) is 60.2 Å². The molecule has 0 radical (unpaired) electrons. The van der Waals surface area contributed by atoms with Crippen molar-refractivity contribution in [3.63, 3.8) is 0 Å². The van der Waals surface area contributed by atoms with Gasteiger partial charge in [-0.05, 0) is 36.4 Å². The first-order valence-corrected chi connectivity index (χ1v) is 6.32. The lowest BCUT2D eigenvalue weighted by atomic mass is 10.1. The van der Waals surface area contributed by atoms with Gasteiger partial charge in [0.2, 0.25) is 0 Å². The summed E-state index contributed by atoms with van der Waals surface area (Å²) in [5, 5.41) is 5.58. The Bertz CT molecular complexity index is 550. The van der Waals surface area contributed by atoms with Gasteiger partial charge >= 0.3 is 0 Å². The smallest absolute Gasteiger partial charge is 0.133 e. The summed E-state index contributed by atoms with van der Waals surface area (Å²) in [6.45, 7) is 1.68. The monoisotopic (exact) mass is 243 g/mol. The fourth-order valence-corrected chi connectivity index (χ4v) is 2.34. The molecule has 0 bridgehead atoms. The summed E-state index contributed by atoms with van der Waals surface area (Å²) in [6.07, 6.45) is 4.40. The van der Waals surface area contributed by atoms with Crippen LogP contribution in [-0.2, 0) is 4.74 Å². The van der Waals surface area contributed by atoms with Gasteiger partial charge in [-0.15, -0.1) is 0 Å². The van der Waals surface area contributed by atoms with Crippen LogP contribution in [0, 0.1) is 0 Å². The first-order chi connectivity index (χ1) is 8.83. The molecule has 1 fully saturated rings. The van der Waals surface area contributed by atoms with E-state index in [-0.39, 0.29) is 0 Å². The molecule has 18 heavy (non-hydrogen) atoms. The Hall–Kier alpha value is -1.81. The maximum absolute atomic E-state index is 5.83. The summed E-state index contributed by atoms with van der Waals surface area (Å²) in [6, 6.07) is 7.88. The Balaban J connectivity index is 1.84. The van der Waals surface area contributed by atoms with Crippen molar-refractivity contribution in [1.29, 1.82) is 0 Å². The second kappa shape index (κ2) is 4.82. The number of fused-ring (bicyclic) bond motifs is 1. The molecule has 3 N–H and O–H groups in total. The lowest BCUT2D eigenvalue weighted by molar-refractivity contribution is 0.120. The minimum atomic E-state index is 0.308. The van der Waals surface area contributed by atoms with Crippen LogP contribution in [0.4, 0.5) is 11.5 Å². The van der Waals surface area contributed by atoms with E-state index in [4.69, 9.17) is 10.5 Å². The van der Waals surface area contributed by atoms with Crippen molar-refractivity contribution in [2.75, 3.05) is 24.2 Å². The zero-order valence-electron chi connectivity index (χ0n) is 10.2. The van der Waals surface area contributed by atoms with Gasteiger partial charge in [-0.25, -0.2) is 4.98 Å². The van der Waals surface area contributed by atoms with E-state index in [1.54, 1.807) is 0 Å². The highest BCUT2D eigenvalue weighted by atomic mass is 16.5. The molecule has 1 aliphatic heterocycles. The van der Waals surface area contributed by atoms with E-state index < -0.39 is 0 Å². The second-order valence-electron chi connectivity index (χ2n) is 4.66. The summed E-state index contributed by atoms with van der Waals surface area (Å²) in [7, 11) is 0. The van der Waals surface area contributed by atoms with E-state index in [0.29, 0.717) is 6.10 Å². The molecule has 1 saturated heterocycles. The molecule has 2 aromatic rings. The number of hydrogen-bond donors (Lipinski definition) is 2. The van der Waals surface area contributed by atoms with Crippen molar-refractivity contribution in [2.45, 2.75) is 18.9 Å². The highest BCUT2D eigenvalue weighted by Gasteiger charge is 2.15. The number of ether oxygens (including phenoxy) is 1. The summed E-state index contributed by atoms with van der Waals surface area (Å²) < 4.78 is 5.60. The molecule has 3 rings (SSSR count). The molecule has 0 aliphatic carbocycles. The van der Waals surface area contributed by atoms with Crippen LogP contribution in [0.1, 0.15) is 12.8 Å². The Morgan fingerprint density at radius 3 is 3.17 bits per heavy atom. The Morgan fingerprint density at radius 2 is 2.33 bits per heavy atom. The summed E-state index contributed by atoms with van der Waals surface area (Å²) in [5.41, 5.74) is 6.59. The van der Waals surface area contributed by atoms with Crippen molar-refractivity contribution in [1.82, 2.24) is 4.98 Å². The molecule has 0 amide bonds. The number of nitrogen functional groups attached to an aromatic ring is 1. The van der Waals surface area contributed by atoms with E-state index in [0.717, 1.165) is 48.3 Å². The van der Waals surface area contributed by atoms with Crippen LogP contribution in [0.5, 0.6) is 0 Å². The van der Waals surface area contributed by atoms with E-state index in [1.165, 1.54) is 0 Å². The van der Waals surface area contributed by atoms with Gasteiger partial charge in [0.25, 0.3) is 0 Å². The molecule has 1 aliphatic rings. The zero-order chi connectivity index (χ0) is 12.4. The molecule has 94 valence electrons. The van der Waals surface area contributed by atoms with Gasteiger partial charge in [0.1, 0.15) is 5.82 Å². The van der Waals surface area contributed by atoms with Gasteiger partial charge in [-0.1, -0.05) is 6.07 Å². The van der Waals surface area contributed by atoms with Gasteiger partial charge in [0.05, 0.1) is 6.10 Å². The average molecular weight is 243 g/mol. The number of anilines is 2. The van der Waals surface area contributed by atoms with Crippen LogP contribution >= 0.6 is 0 Å².